The van der Waals surface area contributed by atoms with Crippen LogP contribution in [0.5, 0.6) is 0 Å². The Kier molecular flexibility index (Phi) is 6.64. The standard InChI is InChI=1S/C13H20N2O6/c1-20-12(18)6-10(16)14-8-4-3-5-9(8)15-11(17)7-13(19)21-2/h8-9H,3-7H2,1-2H3,(H,14,16)(H,15,17)/t8-,9-/m1/s1. The molecule has 118 valence electrons. The topological polar surface area (TPSA) is 111 Å². The van der Waals surface area contributed by atoms with Crippen LogP contribution in [0.25, 0.3) is 0 Å². The van der Waals surface area contributed by atoms with Crippen LogP contribution in [0.2, 0.25) is 0 Å². The molecule has 8 heteroatoms. The zero-order valence-corrected chi connectivity index (χ0v) is 12.1. The Labute approximate surface area is 122 Å². The predicted molar refractivity (Wildman–Crippen MR) is 71.0 cm³/mol. The Morgan fingerprint density at radius 2 is 1.24 bits per heavy atom. The lowest BCUT2D eigenvalue weighted by molar-refractivity contribution is -0.146. The molecule has 21 heavy (non-hydrogen) atoms. The molecule has 8 nitrogen and oxygen atoms in total. The van der Waals surface area contributed by atoms with E-state index in [1.54, 1.807) is 0 Å². The summed E-state index contributed by atoms with van der Waals surface area (Å²) in [5.74, 6) is -2.12. The Hall–Kier alpha value is -2.12. The minimum Gasteiger partial charge on any atom is -0.469 e. The van der Waals surface area contributed by atoms with Gasteiger partial charge in [-0.1, -0.05) is 0 Å². The van der Waals surface area contributed by atoms with E-state index in [2.05, 4.69) is 20.1 Å². The van der Waals surface area contributed by atoms with Gasteiger partial charge in [-0.2, -0.15) is 0 Å². The molecule has 0 aromatic rings. The van der Waals surface area contributed by atoms with Crippen LogP contribution in [-0.2, 0) is 28.7 Å². The Morgan fingerprint density at radius 3 is 1.57 bits per heavy atom. The fourth-order valence-corrected chi connectivity index (χ4v) is 2.23. The second-order valence-electron chi connectivity index (χ2n) is 4.78. The molecule has 1 fully saturated rings. The minimum absolute atomic E-state index is 0.247. The molecule has 0 aliphatic heterocycles. The average Bonchev–Trinajstić information content (AvgIpc) is 2.85. The summed E-state index contributed by atoms with van der Waals surface area (Å²) in [6, 6.07) is -0.493. The van der Waals surface area contributed by atoms with Gasteiger partial charge in [0.05, 0.1) is 14.2 Å². The smallest absolute Gasteiger partial charge is 0.315 e. The second kappa shape index (κ2) is 8.23. The lowest BCUT2D eigenvalue weighted by atomic mass is 10.1. The van der Waals surface area contributed by atoms with Gasteiger partial charge in [-0.3, -0.25) is 19.2 Å². The number of hydrogen-bond acceptors (Lipinski definition) is 6. The summed E-state index contributed by atoms with van der Waals surface area (Å²) < 4.78 is 8.82. The number of esters is 2. The highest BCUT2D eigenvalue weighted by atomic mass is 16.5. The maximum Gasteiger partial charge on any atom is 0.315 e. The molecule has 2 atom stereocenters. The van der Waals surface area contributed by atoms with Gasteiger partial charge in [-0.05, 0) is 19.3 Å². The van der Waals surface area contributed by atoms with Crippen molar-refractivity contribution in [1.29, 1.82) is 0 Å². The maximum absolute atomic E-state index is 11.6. The molecule has 0 bridgehead atoms. The fourth-order valence-electron chi connectivity index (χ4n) is 2.23. The van der Waals surface area contributed by atoms with Crippen LogP contribution in [0.3, 0.4) is 0 Å². The van der Waals surface area contributed by atoms with Gasteiger partial charge in [0.15, 0.2) is 0 Å². The summed E-state index contributed by atoms with van der Waals surface area (Å²) in [7, 11) is 2.42. The van der Waals surface area contributed by atoms with Gasteiger partial charge in [0, 0.05) is 12.1 Å². The van der Waals surface area contributed by atoms with Gasteiger partial charge in [-0.15, -0.1) is 0 Å². The van der Waals surface area contributed by atoms with Gasteiger partial charge in [0.2, 0.25) is 11.8 Å². The first-order valence-corrected chi connectivity index (χ1v) is 6.68. The van der Waals surface area contributed by atoms with E-state index in [0.717, 1.165) is 6.42 Å². The molecule has 1 aliphatic rings. The zero-order valence-electron chi connectivity index (χ0n) is 12.1. The summed E-state index contributed by atoms with van der Waals surface area (Å²) >= 11 is 0. The monoisotopic (exact) mass is 300 g/mol. The fraction of sp³-hybridized carbons (Fsp3) is 0.692. The molecular formula is C13H20N2O6. The normalized spacial score (nSPS) is 20.5. The quantitative estimate of drug-likeness (QED) is 0.494. The van der Waals surface area contributed by atoms with Gasteiger partial charge in [0.25, 0.3) is 0 Å². The minimum atomic E-state index is -0.614. The number of carbonyl (C=O) groups is 4. The van der Waals surface area contributed by atoms with Gasteiger partial charge < -0.3 is 20.1 Å². The molecule has 0 spiro atoms. The summed E-state index contributed by atoms with van der Waals surface area (Å²) in [6.07, 6.45) is 1.55. The predicted octanol–water partition coefficient (Wildman–Crippen LogP) is -0.734. The molecular weight excluding hydrogens is 280 g/mol. The first kappa shape index (κ1) is 16.9. The van der Waals surface area contributed by atoms with Crippen LogP contribution < -0.4 is 10.6 Å². The molecule has 1 rings (SSSR count). The van der Waals surface area contributed by atoms with Gasteiger partial charge in [-0.25, -0.2) is 0 Å². The molecule has 2 amide bonds. The summed E-state index contributed by atoms with van der Waals surface area (Å²) in [5.41, 5.74) is 0. The summed E-state index contributed by atoms with van der Waals surface area (Å²) in [5, 5.41) is 5.39. The van der Waals surface area contributed by atoms with Crippen molar-refractivity contribution in [3.63, 3.8) is 0 Å². The average molecular weight is 300 g/mol. The van der Waals surface area contributed by atoms with E-state index in [-0.39, 0.29) is 24.9 Å². The van der Waals surface area contributed by atoms with E-state index in [4.69, 9.17) is 0 Å². The zero-order chi connectivity index (χ0) is 15.8. The van der Waals surface area contributed by atoms with Crippen molar-refractivity contribution in [3.05, 3.63) is 0 Å². The highest BCUT2D eigenvalue weighted by molar-refractivity contribution is 5.95. The van der Waals surface area contributed by atoms with Crippen LogP contribution in [0.1, 0.15) is 32.1 Å². The maximum atomic E-state index is 11.6. The Bertz CT molecular complexity index is 385. The van der Waals surface area contributed by atoms with E-state index in [1.165, 1.54) is 14.2 Å². The second-order valence-corrected chi connectivity index (χ2v) is 4.78. The van der Waals surface area contributed by atoms with E-state index >= 15 is 0 Å². The molecule has 0 radical (unpaired) electrons. The van der Waals surface area contributed by atoms with Crippen LogP contribution in [-0.4, -0.2) is 50.1 Å². The number of amides is 2. The van der Waals surface area contributed by atoms with Crippen molar-refractivity contribution in [1.82, 2.24) is 10.6 Å². The Morgan fingerprint density at radius 1 is 0.857 bits per heavy atom. The molecule has 1 saturated carbocycles. The number of hydrogen-bond donors (Lipinski definition) is 2. The number of nitrogens with one attached hydrogen (secondary N) is 2. The van der Waals surface area contributed by atoms with Crippen LogP contribution in [0.4, 0.5) is 0 Å². The number of methoxy groups -OCH3 is 2. The van der Waals surface area contributed by atoms with E-state index < -0.39 is 23.8 Å². The van der Waals surface area contributed by atoms with E-state index in [1.807, 2.05) is 0 Å². The third-order valence-electron chi connectivity index (χ3n) is 3.27. The van der Waals surface area contributed by atoms with Crippen molar-refractivity contribution in [2.24, 2.45) is 0 Å². The molecule has 0 heterocycles. The van der Waals surface area contributed by atoms with Crippen LogP contribution in [0.15, 0.2) is 0 Å². The van der Waals surface area contributed by atoms with Crippen molar-refractivity contribution < 1.29 is 28.7 Å². The summed E-state index contributed by atoms with van der Waals surface area (Å²) in [6.45, 7) is 0. The molecule has 1 aliphatic carbocycles. The largest absolute Gasteiger partial charge is 0.469 e. The lowest BCUT2D eigenvalue weighted by Gasteiger charge is -2.21. The third-order valence-corrected chi connectivity index (χ3v) is 3.27. The van der Waals surface area contributed by atoms with Crippen molar-refractivity contribution >= 4 is 23.8 Å². The molecule has 0 saturated heterocycles. The first-order chi connectivity index (χ1) is 9.96. The van der Waals surface area contributed by atoms with Crippen LogP contribution in [0, 0.1) is 0 Å². The van der Waals surface area contributed by atoms with Crippen molar-refractivity contribution in [2.75, 3.05) is 14.2 Å². The summed E-state index contributed by atoms with van der Waals surface area (Å²) in [4.78, 5) is 45.3. The molecule has 0 unspecified atom stereocenters. The van der Waals surface area contributed by atoms with Crippen LogP contribution >= 0.6 is 0 Å². The lowest BCUT2D eigenvalue weighted by Crippen LogP contribution is -2.49. The van der Waals surface area contributed by atoms with E-state index in [9.17, 15) is 19.2 Å². The highest BCUT2D eigenvalue weighted by Gasteiger charge is 2.30. The van der Waals surface area contributed by atoms with Gasteiger partial charge in [0.1, 0.15) is 12.8 Å². The first-order valence-electron chi connectivity index (χ1n) is 6.68. The van der Waals surface area contributed by atoms with Gasteiger partial charge >= 0.3 is 11.9 Å². The van der Waals surface area contributed by atoms with E-state index in [0.29, 0.717) is 12.8 Å². The molecule has 0 aromatic carbocycles. The number of rotatable bonds is 6. The Balaban J connectivity index is 2.44. The number of ether oxygens (including phenoxy) is 2. The molecule has 0 aromatic heterocycles. The molecule has 2 N–H and O–H groups in total. The van der Waals surface area contributed by atoms with Crippen molar-refractivity contribution in [3.8, 4) is 0 Å². The van der Waals surface area contributed by atoms with Crippen molar-refractivity contribution in [2.45, 2.75) is 44.2 Å². The third kappa shape index (κ3) is 5.80. The number of carbonyl (C=O) groups excluding carboxylic acids is 4. The highest BCUT2D eigenvalue weighted by Crippen LogP contribution is 2.19. The SMILES string of the molecule is COC(=O)CC(=O)N[C@@H]1CCC[C@H]1NC(=O)CC(=O)OC.